The van der Waals surface area contributed by atoms with Crippen molar-refractivity contribution in [3.8, 4) is 5.75 Å². The first-order valence-corrected chi connectivity index (χ1v) is 8.49. The Kier molecular flexibility index (Phi) is 4.87. The van der Waals surface area contributed by atoms with Crippen LogP contribution >= 0.6 is 0 Å². The maximum atomic E-state index is 6.09. The van der Waals surface area contributed by atoms with Gasteiger partial charge in [-0.15, -0.1) is 0 Å². The Labute approximate surface area is 139 Å². The van der Waals surface area contributed by atoms with Gasteiger partial charge in [-0.05, 0) is 55.5 Å². The van der Waals surface area contributed by atoms with E-state index in [-0.39, 0.29) is 0 Å². The zero-order valence-electron chi connectivity index (χ0n) is 14.1. The van der Waals surface area contributed by atoms with Crippen molar-refractivity contribution >= 4 is 5.69 Å². The minimum Gasteiger partial charge on any atom is -0.492 e. The number of ether oxygens (including phenoxy) is 1. The van der Waals surface area contributed by atoms with Crippen molar-refractivity contribution < 1.29 is 4.74 Å². The SMILES string of the molecule is CCOc1ccc(CC(C)N2CCc3ccccc3C2)cc1N. The molecule has 1 aliphatic heterocycles. The van der Waals surface area contributed by atoms with Crippen molar-refractivity contribution in [1.29, 1.82) is 0 Å². The number of hydrogen-bond acceptors (Lipinski definition) is 3. The summed E-state index contributed by atoms with van der Waals surface area (Å²) < 4.78 is 5.52. The molecule has 1 atom stereocenters. The molecule has 2 N–H and O–H groups in total. The molecule has 0 aromatic heterocycles. The molecule has 0 bridgehead atoms. The quantitative estimate of drug-likeness (QED) is 0.857. The van der Waals surface area contributed by atoms with Gasteiger partial charge in [0.1, 0.15) is 5.75 Å². The molecule has 0 amide bonds. The van der Waals surface area contributed by atoms with Crippen LogP contribution in [0.15, 0.2) is 42.5 Å². The molecule has 1 heterocycles. The monoisotopic (exact) mass is 310 g/mol. The van der Waals surface area contributed by atoms with Crippen LogP contribution in [0.25, 0.3) is 0 Å². The van der Waals surface area contributed by atoms with Gasteiger partial charge in [-0.1, -0.05) is 30.3 Å². The molecule has 0 fully saturated rings. The Morgan fingerprint density at radius 1 is 1.17 bits per heavy atom. The topological polar surface area (TPSA) is 38.5 Å². The maximum Gasteiger partial charge on any atom is 0.142 e. The number of anilines is 1. The van der Waals surface area contributed by atoms with E-state index in [1.54, 1.807) is 0 Å². The highest BCUT2D eigenvalue weighted by Gasteiger charge is 2.20. The Hall–Kier alpha value is -2.00. The van der Waals surface area contributed by atoms with Crippen LogP contribution in [0.4, 0.5) is 5.69 Å². The lowest BCUT2D eigenvalue weighted by Crippen LogP contribution is -2.38. The molecule has 2 aromatic rings. The lowest BCUT2D eigenvalue weighted by molar-refractivity contribution is 0.189. The molecule has 3 heteroatoms. The molecular weight excluding hydrogens is 284 g/mol. The van der Waals surface area contributed by atoms with Gasteiger partial charge < -0.3 is 10.5 Å². The van der Waals surface area contributed by atoms with Gasteiger partial charge >= 0.3 is 0 Å². The van der Waals surface area contributed by atoms with E-state index in [1.165, 1.54) is 16.7 Å². The van der Waals surface area contributed by atoms with Gasteiger partial charge in [0.2, 0.25) is 0 Å². The lowest BCUT2D eigenvalue weighted by atomic mass is 9.97. The van der Waals surface area contributed by atoms with E-state index in [0.717, 1.165) is 37.4 Å². The average molecular weight is 310 g/mol. The second-order valence-electron chi connectivity index (χ2n) is 6.35. The molecule has 1 unspecified atom stereocenters. The highest BCUT2D eigenvalue weighted by Crippen LogP contribution is 2.25. The standard InChI is InChI=1S/C20H26N2O/c1-3-23-20-9-8-16(13-19(20)21)12-15(2)22-11-10-17-6-4-5-7-18(17)14-22/h4-9,13,15H,3,10-12,14,21H2,1-2H3. The molecule has 23 heavy (non-hydrogen) atoms. The average Bonchev–Trinajstić information content (AvgIpc) is 2.57. The van der Waals surface area contributed by atoms with Crippen molar-refractivity contribution in [1.82, 2.24) is 4.90 Å². The largest absolute Gasteiger partial charge is 0.492 e. The van der Waals surface area contributed by atoms with Gasteiger partial charge in [0.15, 0.2) is 0 Å². The summed E-state index contributed by atoms with van der Waals surface area (Å²) in [6.07, 6.45) is 2.16. The van der Waals surface area contributed by atoms with Crippen LogP contribution in [0.1, 0.15) is 30.5 Å². The smallest absolute Gasteiger partial charge is 0.142 e. The fourth-order valence-corrected chi connectivity index (χ4v) is 3.38. The summed E-state index contributed by atoms with van der Waals surface area (Å²) in [6, 6.07) is 15.5. The molecule has 3 rings (SSSR count). The van der Waals surface area contributed by atoms with Crippen LogP contribution in [0, 0.1) is 0 Å². The molecule has 122 valence electrons. The van der Waals surface area contributed by atoms with Gasteiger partial charge in [-0.3, -0.25) is 4.90 Å². The van der Waals surface area contributed by atoms with Gasteiger partial charge in [-0.25, -0.2) is 0 Å². The van der Waals surface area contributed by atoms with E-state index in [9.17, 15) is 0 Å². The maximum absolute atomic E-state index is 6.09. The fourth-order valence-electron chi connectivity index (χ4n) is 3.38. The summed E-state index contributed by atoms with van der Waals surface area (Å²) in [5.41, 5.74) is 11.1. The first-order chi connectivity index (χ1) is 11.2. The van der Waals surface area contributed by atoms with Crippen LogP contribution < -0.4 is 10.5 Å². The molecular formula is C20H26N2O. The Bertz CT molecular complexity index is 668. The third-order valence-electron chi connectivity index (χ3n) is 4.69. The second-order valence-corrected chi connectivity index (χ2v) is 6.35. The van der Waals surface area contributed by atoms with E-state index < -0.39 is 0 Å². The minimum atomic E-state index is 0.501. The highest BCUT2D eigenvalue weighted by molar-refractivity contribution is 5.54. The van der Waals surface area contributed by atoms with Gasteiger partial charge in [0.05, 0.1) is 12.3 Å². The van der Waals surface area contributed by atoms with E-state index in [2.05, 4.69) is 48.2 Å². The Morgan fingerprint density at radius 3 is 2.70 bits per heavy atom. The summed E-state index contributed by atoms with van der Waals surface area (Å²) in [5.74, 6) is 0.788. The summed E-state index contributed by atoms with van der Waals surface area (Å²) in [6.45, 7) is 7.10. The first-order valence-electron chi connectivity index (χ1n) is 8.49. The third kappa shape index (κ3) is 3.67. The predicted octanol–water partition coefficient (Wildman–Crippen LogP) is 3.66. The molecule has 0 saturated carbocycles. The first kappa shape index (κ1) is 15.9. The van der Waals surface area contributed by atoms with Gasteiger partial charge in [-0.2, -0.15) is 0 Å². The summed E-state index contributed by atoms with van der Waals surface area (Å²) in [5, 5.41) is 0. The molecule has 1 aliphatic rings. The highest BCUT2D eigenvalue weighted by atomic mass is 16.5. The normalized spacial score (nSPS) is 15.9. The minimum absolute atomic E-state index is 0.501. The number of fused-ring (bicyclic) bond motifs is 1. The molecule has 0 aliphatic carbocycles. The van der Waals surface area contributed by atoms with E-state index in [4.69, 9.17) is 10.5 Å². The lowest BCUT2D eigenvalue weighted by Gasteiger charge is -2.34. The molecule has 0 radical (unpaired) electrons. The van der Waals surface area contributed by atoms with Crippen molar-refractivity contribution in [3.05, 3.63) is 59.2 Å². The Morgan fingerprint density at radius 2 is 1.96 bits per heavy atom. The zero-order valence-corrected chi connectivity index (χ0v) is 14.1. The van der Waals surface area contributed by atoms with E-state index >= 15 is 0 Å². The molecule has 0 saturated heterocycles. The van der Waals surface area contributed by atoms with Crippen LogP contribution in [-0.4, -0.2) is 24.1 Å². The molecule has 2 aromatic carbocycles. The van der Waals surface area contributed by atoms with Crippen LogP contribution in [0.3, 0.4) is 0 Å². The number of rotatable bonds is 5. The Balaban J connectivity index is 1.66. The van der Waals surface area contributed by atoms with Crippen molar-refractivity contribution in [3.63, 3.8) is 0 Å². The van der Waals surface area contributed by atoms with Crippen molar-refractivity contribution in [2.75, 3.05) is 18.9 Å². The number of benzene rings is 2. The number of nitrogens with two attached hydrogens (primary N) is 1. The number of nitrogen functional groups attached to an aromatic ring is 1. The van der Waals surface area contributed by atoms with E-state index in [1.807, 2.05) is 13.0 Å². The third-order valence-corrected chi connectivity index (χ3v) is 4.69. The van der Waals surface area contributed by atoms with Crippen LogP contribution in [0.5, 0.6) is 5.75 Å². The van der Waals surface area contributed by atoms with Crippen LogP contribution in [-0.2, 0) is 19.4 Å². The fraction of sp³-hybridized carbons (Fsp3) is 0.400. The summed E-state index contributed by atoms with van der Waals surface area (Å²) in [7, 11) is 0. The number of hydrogen-bond donors (Lipinski definition) is 1. The van der Waals surface area contributed by atoms with Crippen molar-refractivity contribution in [2.24, 2.45) is 0 Å². The van der Waals surface area contributed by atoms with Crippen molar-refractivity contribution in [2.45, 2.75) is 39.3 Å². The molecule has 3 nitrogen and oxygen atoms in total. The van der Waals surface area contributed by atoms with Gasteiger partial charge in [0.25, 0.3) is 0 Å². The van der Waals surface area contributed by atoms with E-state index in [0.29, 0.717) is 12.6 Å². The molecule has 0 spiro atoms. The number of nitrogens with zero attached hydrogens (tertiary/aromatic N) is 1. The zero-order chi connectivity index (χ0) is 16.2. The van der Waals surface area contributed by atoms with Crippen LogP contribution in [0.2, 0.25) is 0 Å². The predicted molar refractivity (Wildman–Crippen MR) is 95.7 cm³/mol. The van der Waals surface area contributed by atoms with Gasteiger partial charge in [0, 0.05) is 19.1 Å². The summed E-state index contributed by atoms with van der Waals surface area (Å²) >= 11 is 0. The second kappa shape index (κ2) is 7.05. The summed E-state index contributed by atoms with van der Waals surface area (Å²) in [4.78, 5) is 2.56.